The minimum Gasteiger partial charge on any atom is -0.491 e. The van der Waals surface area contributed by atoms with Crippen LogP contribution in [0.25, 0.3) is 0 Å². The molecule has 1 aromatic carbocycles. The highest BCUT2D eigenvalue weighted by atomic mass is 16.5. The summed E-state index contributed by atoms with van der Waals surface area (Å²) in [4.78, 5) is 11.9. The Morgan fingerprint density at radius 2 is 1.95 bits per heavy atom. The minimum atomic E-state index is -0.316. The molecule has 0 saturated carbocycles. The number of anilines is 2. The van der Waals surface area contributed by atoms with Gasteiger partial charge < -0.3 is 20.1 Å². The highest BCUT2D eigenvalue weighted by Crippen LogP contribution is 2.17. The Hall–Kier alpha value is -2.54. The molecule has 0 aliphatic carbocycles. The molecule has 7 nitrogen and oxygen atoms in total. The van der Waals surface area contributed by atoms with Crippen molar-refractivity contribution in [3.8, 4) is 5.75 Å². The zero-order valence-corrected chi connectivity index (χ0v) is 12.9. The topological polar surface area (TPSA) is 77.4 Å². The van der Waals surface area contributed by atoms with Crippen molar-refractivity contribution in [2.75, 3.05) is 31.0 Å². The second-order valence-electron chi connectivity index (χ2n) is 4.75. The van der Waals surface area contributed by atoms with Crippen LogP contribution < -0.4 is 15.4 Å². The van der Waals surface area contributed by atoms with Crippen LogP contribution >= 0.6 is 0 Å². The predicted molar refractivity (Wildman–Crippen MR) is 84.4 cm³/mol. The molecular weight excluding hydrogens is 284 g/mol. The van der Waals surface area contributed by atoms with Crippen molar-refractivity contribution < 1.29 is 14.3 Å². The summed E-state index contributed by atoms with van der Waals surface area (Å²) in [6.45, 7) is 2.86. The van der Waals surface area contributed by atoms with Crippen LogP contribution in [-0.4, -0.2) is 36.1 Å². The van der Waals surface area contributed by atoms with Crippen LogP contribution in [0.2, 0.25) is 0 Å². The van der Waals surface area contributed by atoms with E-state index in [2.05, 4.69) is 15.7 Å². The predicted octanol–water partition coefficient (Wildman–Crippen LogP) is 2.40. The molecule has 1 heterocycles. The van der Waals surface area contributed by atoms with Gasteiger partial charge in [0.1, 0.15) is 12.4 Å². The lowest BCUT2D eigenvalue weighted by atomic mass is 10.3. The summed E-state index contributed by atoms with van der Waals surface area (Å²) < 4.78 is 12.0. The average Bonchev–Trinajstić information content (AvgIpc) is 2.79. The zero-order chi connectivity index (χ0) is 15.9. The monoisotopic (exact) mass is 304 g/mol. The molecule has 0 aliphatic rings. The van der Waals surface area contributed by atoms with E-state index in [0.29, 0.717) is 24.6 Å². The molecule has 2 N–H and O–H groups in total. The first-order valence-electron chi connectivity index (χ1n) is 6.88. The Morgan fingerprint density at radius 1 is 1.23 bits per heavy atom. The van der Waals surface area contributed by atoms with Crippen molar-refractivity contribution in [3.63, 3.8) is 0 Å². The van der Waals surface area contributed by atoms with E-state index in [1.807, 2.05) is 6.92 Å². The summed E-state index contributed by atoms with van der Waals surface area (Å²) in [5, 5.41) is 9.67. The van der Waals surface area contributed by atoms with Gasteiger partial charge in [-0.05, 0) is 31.2 Å². The Labute approximate surface area is 129 Å². The first kappa shape index (κ1) is 15.8. The molecule has 1 aromatic heterocycles. The lowest BCUT2D eigenvalue weighted by molar-refractivity contribution is 0.146. The fourth-order valence-corrected chi connectivity index (χ4v) is 1.88. The zero-order valence-electron chi connectivity index (χ0n) is 12.9. The number of rotatable bonds is 6. The minimum absolute atomic E-state index is 0.316. The molecule has 0 unspecified atom stereocenters. The second-order valence-corrected chi connectivity index (χ2v) is 4.75. The number of aromatic nitrogens is 2. The van der Waals surface area contributed by atoms with Gasteiger partial charge in [-0.3, -0.25) is 4.68 Å². The lowest BCUT2D eigenvalue weighted by Gasteiger charge is -2.08. The number of methoxy groups -OCH3 is 1. The Morgan fingerprint density at radius 3 is 2.55 bits per heavy atom. The van der Waals surface area contributed by atoms with Crippen LogP contribution in [-0.2, 0) is 11.8 Å². The number of urea groups is 1. The van der Waals surface area contributed by atoms with Crippen LogP contribution in [0.15, 0.2) is 30.5 Å². The van der Waals surface area contributed by atoms with Crippen LogP contribution in [0.5, 0.6) is 5.75 Å². The van der Waals surface area contributed by atoms with Crippen LogP contribution in [0.1, 0.15) is 5.69 Å². The van der Waals surface area contributed by atoms with Crippen molar-refractivity contribution in [1.82, 2.24) is 9.78 Å². The maximum atomic E-state index is 11.9. The summed E-state index contributed by atoms with van der Waals surface area (Å²) in [5.41, 5.74) is 2.12. The molecule has 22 heavy (non-hydrogen) atoms. The fourth-order valence-electron chi connectivity index (χ4n) is 1.88. The summed E-state index contributed by atoms with van der Waals surface area (Å²) in [6.07, 6.45) is 1.75. The van der Waals surface area contributed by atoms with E-state index >= 15 is 0 Å². The number of carbonyl (C=O) groups excluding carboxylic acids is 1. The number of aryl methyl sites for hydroxylation is 2. The van der Waals surface area contributed by atoms with E-state index in [1.54, 1.807) is 49.3 Å². The van der Waals surface area contributed by atoms with Gasteiger partial charge in [0, 0.05) is 26.0 Å². The van der Waals surface area contributed by atoms with Crippen molar-refractivity contribution in [2.24, 2.45) is 7.05 Å². The highest BCUT2D eigenvalue weighted by Gasteiger charge is 2.07. The van der Waals surface area contributed by atoms with Gasteiger partial charge in [0.2, 0.25) is 0 Å². The molecule has 2 amide bonds. The number of benzene rings is 1. The van der Waals surface area contributed by atoms with E-state index in [4.69, 9.17) is 9.47 Å². The highest BCUT2D eigenvalue weighted by molar-refractivity contribution is 6.00. The third kappa shape index (κ3) is 4.49. The quantitative estimate of drug-likeness (QED) is 0.803. The molecule has 2 aromatic rings. The molecule has 0 saturated heterocycles. The SMILES string of the molecule is COCCOc1ccc(NC(=O)Nc2cn(C)nc2C)cc1. The number of amides is 2. The van der Waals surface area contributed by atoms with Crippen molar-refractivity contribution >= 4 is 17.4 Å². The smallest absolute Gasteiger partial charge is 0.323 e. The Bertz CT molecular complexity index is 622. The third-order valence-electron chi connectivity index (χ3n) is 2.93. The normalized spacial score (nSPS) is 10.3. The van der Waals surface area contributed by atoms with E-state index in [-0.39, 0.29) is 6.03 Å². The van der Waals surface area contributed by atoms with Gasteiger partial charge in [-0.1, -0.05) is 0 Å². The molecule has 0 fully saturated rings. The van der Waals surface area contributed by atoms with E-state index < -0.39 is 0 Å². The summed E-state index contributed by atoms with van der Waals surface area (Å²) in [7, 11) is 3.43. The van der Waals surface area contributed by atoms with Crippen molar-refractivity contribution in [2.45, 2.75) is 6.92 Å². The maximum absolute atomic E-state index is 11.9. The molecule has 0 spiro atoms. The van der Waals surface area contributed by atoms with Gasteiger partial charge >= 0.3 is 6.03 Å². The molecule has 2 rings (SSSR count). The number of ether oxygens (including phenoxy) is 2. The number of hydrogen-bond acceptors (Lipinski definition) is 4. The molecular formula is C15H20N4O3. The average molecular weight is 304 g/mol. The number of carbonyl (C=O) groups is 1. The van der Waals surface area contributed by atoms with Crippen molar-refractivity contribution in [3.05, 3.63) is 36.2 Å². The molecule has 118 valence electrons. The lowest BCUT2D eigenvalue weighted by Crippen LogP contribution is -2.19. The maximum Gasteiger partial charge on any atom is 0.323 e. The summed E-state index contributed by atoms with van der Waals surface area (Å²) in [5.74, 6) is 0.728. The van der Waals surface area contributed by atoms with Gasteiger partial charge in [-0.15, -0.1) is 0 Å². The Balaban J connectivity index is 1.87. The van der Waals surface area contributed by atoms with Gasteiger partial charge in [-0.2, -0.15) is 5.10 Å². The largest absolute Gasteiger partial charge is 0.491 e. The summed E-state index contributed by atoms with van der Waals surface area (Å²) >= 11 is 0. The van der Waals surface area contributed by atoms with E-state index in [9.17, 15) is 4.79 Å². The van der Waals surface area contributed by atoms with Crippen LogP contribution in [0.4, 0.5) is 16.2 Å². The van der Waals surface area contributed by atoms with Gasteiger partial charge in [0.05, 0.1) is 18.0 Å². The number of nitrogens with one attached hydrogen (secondary N) is 2. The molecule has 0 atom stereocenters. The van der Waals surface area contributed by atoms with Crippen LogP contribution in [0, 0.1) is 6.92 Å². The van der Waals surface area contributed by atoms with Gasteiger partial charge in [-0.25, -0.2) is 4.79 Å². The standard InChI is InChI=1S/C15H20N4O3/c1-11-14(10-19(2)18-11)17-15(20)16-12-4-6-13(7-5-12)22-9-8-21-3/h4-7,10H,8-9H2,1-3H3,(H2,16,17,20). The molecule has 0 radical (unpaired) electrons. The second kappa shape index (κ2) is 7.46. The third-order valence-corrected chi connectivity index (χ3v) is 2.93. The fraction of sp³-hybridized carbons (Fsp3) is 0.333. The van der Waals surface area contributed by atoms with E-state index in [1.165, 1.54) is 0 Å². The van der Waals surface area contributed by atoms with Gasteiger partial charge in [0.15, 0.2) is 0 Å². The van der Waals surface area contributed by atoms with Crippen LogP contribution in [0.3, 0.4) is 0 Å². The molecule has 7 heteroatoms. The molecule has 0 bridgehead atoms. The molecule has 0 aliphatic heterocycles. The summed E-state index contributed by atoms with van der Waals surface area (Å²) in [6, 6.07) is 6.82. The first-order valence-corrected chi connectivity index (χ1v) is 6.88. The number of nitrogens with zero attached hydrogens (tertiary/aromatic N) is 2. The van der Waals surface area contributed by atoms with Gasteiger partial charge in [0.25, 0.3) is 0 Å². The first-order chi connectivity index (χ1) is 10.6. The van der Waals surface area contributed by atoms with Crippen molar-refractivity contribution in [1.29, 1.82) is 0 Å². The Kier molecular flexibility index (Phi) is 5.37. The van der Waals surface area contributed by atoms with E-state index in [0.717, 1.165) is 11.4 Å². The number of hydrogen-bond donors (Lipinski definition) is 2.